The van der Waals surface area contributed by atoms with Crippen LogP contribution >= 0.6 is 0 Å². The number of aliphatic imine (C=N–C) groups is 1. The number of fused-ring (bicyclic) bond motifs is 1. The van der Waals surface area contributed by atoms with Crippen LogP contribution in [0.1, 0.15) is 49.9 Å². The van der Waals surface area contributed by atoms with Gasteiger partial charge in [-0.2, -0.15) is 0 Å². The quantitative estimate of drug-likeness (QED) is 0.452. The molecule has 0 bridgehead atoms. The Labute approximate surface area is 155 Å². The number of aryl methyl sites for hydroxylation is 2. The summed E-state index contributed by atoms with van der Waals surface area (Å²) < 4.78 is 2.33. The van der Waals surface area contributed by atoms with E-state index < -0.39 is 0 Å². The molecule has 3 rings (SSSR count). The van der Waals surface area contributed by atoms with Gasteiger partial charge in [-0.25, -0.2) is 4.99 Å². The highest BCUT2D eigenvalue weighted by Crippen LogP contribution is 2.15. The van der Waals surface area contributed by atoms with Crippen molar-refractivity contribution in [3.8, 4) is 0 Å². The zero-order valence-corrected chi connectivity index (χ0v) is 15.6. The van der Waals surface area contributed by atoms with Gasteiger partial charge in [0, 0.05) is 38.7 Å². The van der Waals surface area contributed by atoms with Crippen molar-refractivity contribution >= 4 is 5.96 Å². The first-order chi connectivity index (χ1) is 12.9. The molecule has 1 aliphatic heterocycles. The Bertz CT molecular complexity index is 693. The second kappa shape index (κ2) is 9.89. The molecule has 140 valence electrons. The number of nitrogens with zero attached hydrogens (tertiary/aromatic N) is 5. The summed E-state index contributed by atoms with van der Waals surface area (Å²) in [4.78, 5) is 8.91. The molecule has 2 aromatic heterocycles. The molecule has 0 saturated heterocycles. The number of rotatable bonds is 7. The first kappa shape index (κ1) is 18.4. The highest BCUT2D eigenvalue weighted by atomic mass is 15.3. The minimum absolute atomic E-state index is 0.577. The summed E-state index contributed by atoms with van der Waals surface area (Å²) in [5.41, 5.74) is 0.968. The zero-order valence-electron chi connectivity index (χ0n) is 15.6. The van der Waals surface area contributed by atoms with Gasteiger partial charge in [-0.1, -0.05) is 12.5 Å². The molecule has 7 heteroatoms. The summed E-state index contributed by atoms with van der Waals surface area (Å²) in [6.07, 6.45) is 8.58. The van der Waals surface area contributed by atoms with Crippen LogP contribution in [-0.4, -0.2) is 38.8 Å². The Morgan fingerprint density at radius 1 is 1.19 bits per heavy atom. The van der Waals surface area contributed by atoms with Crippen LogP contribution in [-0.2, 0) is 25.9 Å². The molecular weight excluding hydrogens is 326 g/mol. The second-order valence-corrected chi connectivity index (χ2v) is 6.54. The van der Waals surface area contributed by atoms with Crippen LogP contribution in [0.15, 0.2) is 29.4 Å². The summed E-state index contributed by atoms with van der Waals surface area (Å²) in [5, 5.41) is 15.5. The largest absolute Gasteiger partial charge is 0.357 e. The third kappa shape index (κ3) is 5.28. The van der Waals surface area contributed by atoms with Crippen molar-refractivity contribution in [2.45, 2.75) is 58.5 Å². The number of hydrogen-bond acceptors (Lipinski definition) is 4. The lowest BCUT2D eigenvalue weighted by Gasteiger charge is -2.11. The molecule has 26 heavy (non-hydrogen) atoms. The van der Waals surface area contributed by atoms with Crippen LogP contribution in [0, 0.1) is 0 Å². The summed E-state index contributed by atoms with van der Waals surface area (Å²) in [6.45, 7) is 5.42. The summed E-state index contributed by atoms with van der Waals surface area (Å²) in [6, 6.07) is 5.89. The lowest BCUT2D eigenvalue weighted by Crippen LogP contribution is -2.38. The van der Waals surface area contributed by atoms with Gasteiger partial charge >= 0.3 is 0 Å². The van der Waals surface area contributed by atoms with Gasteiger partial charge in [0.2, 0.25) is 0 Å². The van der Waals surface area contributed by atoms with Gasteiger partial charge in [-0.15, -0.1) is 10.2 Å². The third-order valence-corrected chi connectivity index (χ3v) is 4.53. The van der Waals surface area contributed by atoms with E-state index in [9.17, 15) is 0 Å². The van der Waals surface area contributed by atoms with Crippen molar-refractivity contribution in [2.24, 2.45) is 4.99 Å². The topological polar surface area (TPSA) is 80.0 Å². The number of pyridine rings is 1. The molecule has 0 radical (unpaired) electrons. The van der Waals surface area contributed by atoms with E-state index >= 15 is 0 Å². The van der Waals surface area contributed by atoms with Gasteiger partial charge in [-0.05, 0) is 38.3 Å². The molecule has 0 atom stereocenters. The predicted molar refractivity (Wildman–Crippen MR) is 103 cm³/mol. The van der Waals surface area contributed by atoms with Crippen molar-refractivity contribution < 1.29 is 0 Å². The van der Waals surface area contributed by atoms with Gasteiger partial charge in [0.1, 0.15) is 11.6 Å². The Balaban J connectivity index is 1.47. The van der Waals surface area contributed by atoms with Gasteiger partial charge in [0.25, 0.3) is 0 Å². The van der Waals surface area contributed by atoms with E-state index in [1.807, 2.05) is 18.2 Å². The molecule has 0 aliphatic carbocycles. The molecule has 1 aliphatic rings. The van der Waals surface area contributed by atoms with Crippen LogP contribution in [0.3, 0.4) is 0 Å². The van der Waals surface area contributed by atoms with E-state index in [-0.39, 0.29) is 0 Å². The van der Waals surface area contributed by atoms with Crippen LogP contribution in [0.25, 0.3) is 0 Å². The Morgan fingerprint density at radius 2 is 2.15 bits per heavy atom. The highest BCUT2D eigenvalue weighted by Gasteiger charge is 2.14. The highest BCUT2D eigenvalue weighted by molar-refractivity contribution is 5.79. The molecule has 2 aromatic rings. The van der Waals surface area contributed by atoms with Crippen molar-refractivity contribution in [3.63, 3.8) is 0 Å². The Kier molecular flexibility index (Phi) is 6.98. The van der Waals surface area contributed by atoms with E-state index in [0.29, 0.717) is 6.54 Å². The number of hydrogen-bond donors (Lipinski definition) is 2. The first-order valence-corrected chi connectivity index (χ1v) is 9.70. The minimum atomic E-state index is 0.577. The second-order valence-electron chi connectivity index (χ2n) is 6.54. The fourth-order valence-corrected chi connectivity index (χ4v) is 3.18. The molecule has 0 spiro atoms. The maximum atomic E-state index is 4.60. The molecule has 0 fully saturated rings. The van der Waals surface area contributed by atoms with Crippen LogP contribution in [0.4, 0.5) is 0 Å². The van der Waals surface area contributed by atoms with Crippen LogP contribution < -0.4 is 10.6 Å². The molecule has 0 saturated carbocycles. The van der Waals surface area contributed by atoms with Gasteiger partial charge in [-0.3, -0.25) is 4.98 Å². The normalized spacial score (nSPS) is 14.6. The summed E-state index contributed by atoms with van der Waals surface area (Å²) in [7, 11) is 0. The Morgan fingerprint density at radius 3 is 3.00 bits per heavy atom. The molecule has 7 nitrogen and oxygen atoms in total. The average Bonchev–Trinajstić information content (AvgIpc) is 2.90. The van der Waals surface area contributed by atoms with Gasteiger partial charge < -0.3 is 15.2 Å². The zero-order chi connectivity index (χ0) is 18.0. The fourth-order valence-electron chi connectivity index (χ4n) is 3.18. The summed E-state index contributed by atoms with van der Waals surface area (Å²) in [5.74, 6) is 3.12. The van der Waals surface area contributed by atoms with E-state index in [1.54, 1.807) is 6.20 Å². The standard InChI is InChI=1S/C19H29N7/c1-2-20-19(23-15-16-9-5-6-12-21-16)22-13-8-11-18-25-24-17-10-4-3-7-14-26(17)18/h5-6,9,12H,2-4,7-8,10-11,13-15H2,1H3,(H2,20,22,23). The van der Waals surface area contributed by atoms with Crippen molar-refractivity contribution in [2.75, 3.05) is 13.1 Å². The Hall–Kier alpha value is -2.44. The molecular formula is C19H29N7. The van der Waals surface area contributed by atoms with Gasteiger partial charge in [0.15, 0.2) is 5.96 Å². The van der Waals surface area contributed by atoms with Gasteiger partial charge in [0.05, 0.1) is 12.2 Å². The number of guanidine groups is 1. The SMILES string of the molecule is CCNC(=NCc1ccccn1)NCCCc1nnc2n1CCCCC2. The van der Waals surface area contributed by atoms with Crippen LogP contribution in [0.5, 0.6) is 0 Å². The van der Waals surface area contributed by atoms with E-state index in [1.165, 1.54) is 19.3 Å². The molecule has 0 unspecified atom stereocenters. The molecule has 2 N–H and O–H groups in total. The number of aromatic nitrogens is 4. The van der Waals surface area contributed by atoms with Crippen LogP contribution in [0.2, 0.25) is 0 Å². The monoisotopic (exact) mass is 355 g/mol. The van der Waals surface area contributed by atoms with Crippen molar-refractivity contribution in [1.29, 1.82) is 0 Å². The fraction of sp³-hybridized carbons (Fsp3) is 0.579. The average molecular weight is 355 g/mol. The first-order valence-electron chi connectivity index (χ1n) is 9.70. The van der Waals surface area contributed by atoms with E-state index in [4.69, 9.17) is 0 Å². The molecule has 0 amide bonds. The third-order valence-electron chi connectivity index (χ3n) is 4.53. The maximum Gasteiger partial charge on any atom is 0.191 e. The molecule has 0 aromatic carbocycles. The number of nitrogens with one attached hydrogen (secondary N) is 2. The van der Waals surface area contributed by atoms with E-state index in [2.05, 4.69) is 42.3 Å². The lowest BCUT2D eigenvalue weighted by molar-refractivity contribution is 0.594. The van der Waals surface area contributed by atoms with Crippen molar-refractivity contribution in [3.05, 3.63) is 41.7 Å². The summed E-state index contributed by atoms with van der Waals surface area (Å²) >= 11 is 0. The smallest absolute Gasteiger partial charge is 0.191 e. The minimum Gasteiger partial charge on any atom is -0.357 e. The lowest BCUT2D eigenvalue weighted by atomic mass is 10.2. The van der Waals surface area contributed by atoms with Crippen molar-refractivity contribution in [1.82, 2.24) is 30.4 Å². The molecule has 3 heterocycles. The maximum absolute atomic E-state index is 4.60. The van der Waals surface area contributed by atoms with E-state index in [0.717, 1.165) is 62.2 Å². The predicted octanol–water partition coefficient (Wildman–Crippen LogP) is 2.09.